The molecule has 0 atom stereocenters. The second-order valence-electron chi connectivity index (χ2n) is 6.38. The van der Waals surface area contributed by atoms with Gasteiger partial charge in [-0.25, -0.2) is 22.9 Å². The summed E-state index contributed by atoms with van der Waals surface area (Å²) in [5.74, 6) is -4.62. The molecule has 29 heavy (non-hydrogen) atoms. The van der Waals surface area contributed by atoms with Crippen molar-refractivity contribution in [3.63, 3.8) is 0 Å². The first kappa shape index (κ1) is 18.5. The Kier molecular flexibility index (Phi) is 4.26. The SMILES string of the molecule is O=C(O)c1cc(-c2ccc(F)cc2F)c2nc(N3C=C(O)CC3)c(F)cn2c1=O. The number of aromatic carboxylic acids is 1. The Hall–Kier alpha value is -3.82. The van der Waals surface area contributed by atoms with E-state index in [9.17, 15) is 33.0 Å². The Labute approximate surface area is 160 Å². The zero-order valence-electron chi connectivity index (χ0n) is 14.6. The van der Waals surface area contributed by atoms with Gasteiger partial charge in [-0.1, -0.05) is 0 Å². The average molecular weight is 403 g/mol. The van der Waals surface area contributed by atoms with Gasteiger partial charge < -0.3 is 15.1 Å². The molecule has 1 aliphatic heterocycles. The van der Waals surface area contributed by atoms with E-state index in [1.54, 1.807) is 0 Å². The molecule has 1 aliphatic rings. The van der Waals surface area contributed by atoms with Crippen molar-refractivity contribution < 1.29 is 28.2 Å². The summed E-state index contributed by atoms with van der Waals surface area (Å²) in [6.07, 6.45) is 2.28. The summed E-state index contributed by atoms with van der Waals surface area (Å²) in [5.41, 5.74) is -2.35. The second-order valence-corrected chi connectivity index (χ2v) is 6.38. The van der Waals surface area contributed by atoms with Crippen molar-refractivity contribution in [1.82, 2.24) is 9.38 Å². The molecule has 4 rings (SSSR count). The molecule has 0 saturated heterocycles. The number of rotatable bonds is 3. The second kappa shape index (κ2) is 6.66. The van der Waals surface area contributed by atoms with Crippen molar-refractivity contribution in [3.8, 4) is 11.1 Å². The summed E-state index contributed by atoms with van der Waals surface area (Å²) >= 11 is 0. The minimum Gasteiger partial charge on any atom is -0.511 e. The molecular formula is C19H12F3N3O4. The third kappa shape index (κ3) is 3.08. The normalized spacial score (nSPS) is 13.8. The summed E-state index contributed by atoms with van der Waals surface area (Å²) in [7, 11) is 0. The summed E-state index contributed by atoms with van der Waals surface area (Å²) in [5, 5.41) is 18.9. The van der Waals surface area contributed by atoms with E-state index in [0.29, 0.717) is 10.5 Å². The number of anilines is 1. The Morgan fingerprint density at radius 1 is 1.10 bits per heavy atom. The third-order valence-electron chi connectivity index (χ3n) is 4.51. The van der Waals surface area contributed by atoms with Crippen molar-refractivity contribution in [2.75, 3.05) is 11.4 Å². The molecule has 2 aromatic heterocycles. The van der Waals surface area contributed by atoms with Crippen LogP contribution in [0.1, 0.15) is 16.8 Å². The maximum atomic E-state index is 14.6. The lowest BCUT2D eigenvalue weighted by Crippen LogP contribution is -2.25. The summed E-state index contributed by atoms with van der Waals surface area (Å²) in [6, 6.07) is 3.56. The largest absolute Gasteiger partial charge is 0.511 e. The molecule has 0 spiro atoms. The van der Waals surface area contributed by atoms with E-state index in [1.165, 1.54) is 11.1 Å². The first-order chi connectivity index (χ1) is 13.8. The number of fused-ring (bicyclic) bond motifs is 1. The van der Waals surface area contributed by atoms with Crippen molar-refractivity contribution in [1.29, 1.82) is 0 Å². The predicted octanol–water partition coefficient (Wildman–Crippen LogP) is 3.09. The molecule has 0 radical (unpaired) electrons. The first-order valence-electron chi connectivity index (χ1n) is 8.37. The molecule has 0 fully saturated rings. The Bertz CT molecular complexity index is 1270. The lowest BCUT2D eigenvalue weighted by molar-refractivity contribution is 0.0694. The van der Waals surface area contributed by atoms with E-state index in [0.717, 1.165) is 24.4 Å². The van der Waals surface area contributed by atoms with Crippen molar-refractivity contribution in [3.05, 3.63) is 75.8 Å². The molecule has 1 aromatic carbocycles. The van der Waals surface area contributed by atoms with Gasteiger partial charge in [-0.2, -0.15) is 0 Å². The van der Waals surface area contributed by atoms with E-state index in [2.05, 4.69) is 4.98 Å². The fourth-order valence-corrected chi connectivity index (χ4v) is 3.16. The maximum absolute atomic E-state index is 14.6. The van der Waals surface area contributed by atoms with Gasteiger partial charge in [0.1, 0.15) is 28.6 Å². The predicted molar refractivity (Wildman–Crippen MR) is 96.4 cm³/mol. The zero-order valence-corrected chi connectivity index (χ0v) is 14.6. The Balaban J connectivity index is 2.08. The lowest BCUT2D eigenvalue weighted by Gasteiger charge is -2.17. The Morgan fingerprint density at radius 2 is 1.86 bits per heavy atom. The average Bonchev–Trinajstić information content (AvgIpc) is 3.08. The van der Waals surface area contributed by atoms with E-state index in [-0.39, 0.29) is 41.3 Å². The molecule has 0 bridgehead atoms. The number of aliphatic hydroxyl groups excluding tert-OH is 1. The molecule has 3 heterocycles. The summed E-state index contributed by atoms with van der Waals surface area (Å²) < 4.78 is 43.0. The first-order valence-corrected chi connectivity index (χ1v) is 8.37. The number of carboxylic acid groups (broad SMARTS) is 1. The fourth-order valence-electron chi connectivity index (χ4n) is 3.16. The van der Waals surface area contributed by atoms with Gasteiger partial charge in [0.2, 0.25) is 0 Å². The van der Waals surface area contributed by atoms with Crippen molar-refractivity contribution in [2.24, 2.45) is 0 Å². The van der Waals surface area contributed by atoms with Gasteiger partial charge in [0, 0.05) is 36.4 Å². The number of hydrogen-bond donors (Lipinski definition) is 2. The molecule has 148 valence electrons. The number of nitrogens with zero attached hydrogens (tertiary/aromatic N) is 3. The van der Waals surface area contributed by atoms with Crippen LogP contribution in [0.2, 0.25) is 0 Å². The van der Waals surface area contributed by atoms with Gasteiger partial charge in [-0.15, -0.1) is 0 Å². The molecule has 7 nitrogen and oxygen atoms in total. The fraction of sp³-hybridized carbons (Fsp3) is 0.105. The molecule has 0 aliphatic carbocycles. The highest BCUT2D eigenvalue weighted by Gasteiger charge is 2.24. The van der Waals surface area contributed by atoms with Crippen LogP contribution >= 0.6 is 0 Å². The van der Waals surface area contributed by atoms with Crippen LogP contribution in [0.5, 0.6) is 0 Å². The van der Waals surface area contributed by atoms with Crippen LogP contribution in [0.4, 0.5) is 19.0 Å². The number of benzene rings is 1. The van der Waals surface area contributed by atoms with E-state index in [1.807, 2.05) is 0 Å². The van der Waals surface area contributed by atoms with Crippen molar-refractivity contribution in [2.45, 2.75) is 6.42 Å². The zero-order chi connectivity index (χ0) is 20.9. The minimum absolute atomic E-state index is 0.00879. The standard InChI is InChI=1S/C19H12F3N3O4/c20-9-1-2-11(14(21)5-9)12-6-13(19(28)29)18(27)25-8-15(22)17(23-16(12)25)24-4-3-10(26)7-24/h1-2,5-8,26H,3-4H2,(H,28,29). The van der Waals surface area contributed by atoms with Crippen molar-refractivity contribution >= 4 is 17.4 Å². The van der Waals surface area contributed by atoms with E-state index in [4.69, 9.17) is 0 Å². The highest BCUT2D eigenvalue weighted by Crippen LogP contribution is 2.30. The number of carboxylic acids is 1. The quantitative estimate of drug-likeness (QED) is 0.698. The molecule has 10 heteroatoms. The molecular weight excluding hydrogens is 391 g/mol. The smallest absolute Gasteiger partial charge is 0.341 e. The highest BCUT2D eigenvalue weighted by molar-refractivity contribution is 5.91. The van der Waals surface area contributed by atoms with Gasteiger partial charge in [-0.05, 0) is 18.2 Å². The molecule has 2 N–H and O–H groups in total. The number of hydrogen-bond acceptors (Lipinski definition) is 5. The number of aromatic nitrogens is 2. The Morgan fingerprint density at radius 3 is 2.48 bits per heavy atom. The van der Waals surface area contributed by atoms with Crippen LogP contribution in [-0.4, -0.2) is 32.1 Å². The van der Waals surface area contributed by atoms with Crippen LogP contribution in [0.15, 0.2) is 47.2 Å². The number of carbonyl (C=O) groups is 1. The summed E-state index contributed by atoms with van der Waals surface area (Å²) in [4.78, 5) is 29.4. The van der Waals surface area contributed by atoms with Crippen LogP contribution < -0.4 is 10.5 Å². The van der Waals surface area contributed by atoms with E-state index >= 15 is 0 Å². The number of pyridine rings is 1. The topological polar surface area (TPSA) is 95.1 Å². The third-order valence-corrected chi connectivity index (χ3v) is 4.51. The lowest BCUT2D eigenvalue weighted by atomic mass is 10.0. The molecule has 3 aromatic rings. The van der Waals surface area contributed by atoms with Crippen LogP contribution in [0, 0.1) is 17.5 Å². The van der Waals surface area contributed by atoms with E-state index < -0.39 is 34.5 Å². The van der Waals surface area contributed by atoms with Gasteiger partial charge in [0.05, 0.1) is 6.20 Å². The monoisotopic (exact) mass is 403 g/mol. The van der Waals surface area contributed by atoms with Crippen LogP contribution in [0.25, 0.3) is 16.8 Å². The van der Waals surface area contributed by atoms with Gasteiger partial charge in [-0.3, -0.25) is 9.20 Å². The van der Waals surface area contributed by atoms with Crippen LogP contribution in [0.3, 0.4) is 0 Å². The van der Waals surface area contributed by atoms with Gasteiger partial charge in [0.25, 0.3) is 5.56 Å². The number of halogens is 3. The maximum Gasteiger partial charge on any atom is 0.341 e. The van der Waals surface area contributed by atoms with Gasteiger partial charge in [0.15, 0.2) is 11.6 Å². The van der Waals surface area contributed by atoms with Crippen LogP contribution in [-0.2, 0) is 0 Å². The summed E-state index contributed by atoms with van der Waals surface area (Å²) in [6.45, 7) is 0.226. The highest BCUT2D eigenvalue weighted by atomic mass is 19.1. The number of aliphatic hydroxyl groups is 1. The molecule has 0 unspecified atom stereocenters. The molecule has 0 saturated carbocycles. The van der Waals surface area contributed by atoms with Gasteiger partial charge >= 0.3 is 5.97 Å². The molecule has 0 amide bonds. The minimum atomic E-state index is -1.59.